The molecule has 0 atom stereocenters. The number of nitrogens with zero attached hydrogens (tertiary/aromatic N) is 1. The van der Waals surface area contributed by atoms with Crippen molar-refractivity contribution in [1.82, 2.24) is 5.32 Å². The van der Waals surface area contributed by atoms with Crippen LogP contribution in [0, 0.1) is 12.8 Å². The molecule has 2 nitrogen and oxygen atoms in total. The summed E-state index contributed by atoms with van der Waals surface area (Å²) in [6.07, 6.45) is 2.63. The van der Waals surface area contributed by atoms with Crippen LogP contribution in [0.25, 0.3) is 0 Å². The van der Waals surface area contributed by atoms with Crippen LogP contribution in [-0.4, -0.2) is 26.7 Å². The standard InChI is InChI=1S/C14H22N2.ClH/c1-12-4-3-5-14(10-12)16(2)11-13-6-8-15-9-7-13;/h3-5,10,13,15H,6-9,11H2,1-2H3;1H. The molecule has 1 aromatic carbocycles. The Morgan fingerprint density at radius 3 is 2.65 bits per heavy atom. The van der Waals surface area contributed by atoms with Crippen LogP contribution in [0.1, 0.15) is 18.4 Å². The van der Waals surface area contributed by atoms with Gasteiger partial charge in [-0.05, 0) is 56.5 Å². The van der Waals surface area contributed by atoms with Crippen LogP contribution < -0.4 is 10.2 Å². The van der Waals surface area contributed by atoms with E-state index in [0.29, 0.717) is 0 Å². The van der Waals surface area contributed by atoms with Crippen molar-refractivity contribution < 1.29 is 0 Å². The Labute approximate surface area is 111 Å². The van der Waals surface area contributed by atoms with Gasteiger partial charge in [0.05, 0.1) is 0 Å². The van der Waals surface area contributed by atoms with Gasteiger partial charge in [0.2, 0.25) is 0 Å². The van der Waals surface area contributed by atoms with Gasteiger partial charge in [0.1, 0.15) is 0 Å². The first kappa shape index (κ1) is 14.3. The Balaban J connectivity index is 0.00000144. The number of halogens is 1. The molecule has 0 amide bonds. The molecule has 0 unspecified atom stereocenters. The number of nitrogens with one attached hydrogen (secondary N) is 1. The monoisotopic (exact) mass is 254 g/mol. The Morgan fingerprint density at radius 1 is 1.29 bits per heavy atom. The van der Waals surface area contributed by atoms with Crippen molar-refractivity contribution in [2.24, 2.45) is 5.92 Å². The van der Waals surface area contributed by atoms with Crippen LogP contribution >= 0.6 is 12.4 Å². The SMILES string of the molecule is Cc1cccc(N(C)CC2CCNCC2)c1.Cl. The molecule has 96 valence electrons. The second kappa shape index (κ2) is 6.87. The van der Waals surface area contributed by atoms with Gasteiger partial charge in [-0.3, -0.25) is 0 Å². The lowest BCUT2D eigenvalue weighted by Gasteiger charge is -2.29. The molecule has 1 fully saturated rings. The summed E-state index contributed by atoms with van der Waals surface area (Å²) < 4.78 is 0. The van der Waals surface area contributed by atoms with Crippen molar-refractivity contribution in [1.29, 1.82) is 0 Å². The van der Waals surface area contributed by atoms with Gasteiger partial charge in [0, 0.05) is 19.3 Å². The molecule has 1 heterocycles. The van der Waals surface area contributed by atoms with Gasteiger partial charge >= 0.3 is 0 Å². The van der Waals surface area contributed by atoms with Crippen molar-refractivity contribution in [2.75, 3.05) is 31.6 Å². The largest absolute Gasteiger partial charge is 0.374 e. The second-order valence-corrected chi connectivity index (χ2v) is 4.91. The molecule has 0 aromatic heterocycles. The summed E-state index contributed by atoms with van der Waals surface area (Å²) in [7, 11) is 2.21. The van der Waals surface area contributed by atoms with Crippen molar-refractivity contribution in [2.45, 2.75) is 19.8 Å². The maximum Gasteiger partial charge on any atom is 0.0366 e. The molecule has 17 heavy (non-hydrogen) atoms. The van der Waals surface area contributed by atoms with E-state index in [4.69, 9.17) is 0 Å². The van der Waals surface area contributed by atoms with Crippen LogP contribution in [-0.2, 0) is 0 Å². The van der Waals surface area contributed by atoms with E-state index in [0.717, 1.165) is 5.92 Å². The first-order valence-electron chi connectivity index (χ1n) is 6.24. The lowest BCUT2D eigenvalue weighted by atomic mass is 9.97. The minimum atomic E-state index is 0. The molecule has 0 aliphatic carbocycles. The van der Waals surface area contributed by atoms with Gasteiger partial charge in [-0.15, -0.1) is 12.4 Å². The van der Waals surface area contributed by atoms with Gasteiger partial charge in [0.15, 0.2) is 0 Å². The third-order valence-electron chi connectivity index (χ3n) is 3.43. The van der Waals surface area contributed by atoms with Crippen LogP contribution in [0.3, 0.4) is 0 Å². The Bertz CT molecular complexity index is 335. The van der Waals surface area contributed by atoms with E-state index in [9.17, 15) is 0 Å². The summed E-state index contributed by atoms with van der Waals surface area (Å²) in [5.41, 5.74) is 2.69. The molecule has 0 radical (unpaired) electrons. The summed E-state index contributed by atoms with van der Waals surface area (Å²) >= 11 is 0. The zero-order valence-corrected chi connectivity index (χ0v) is 11.6. The molecule has 1 aliphatic rings. The van der Waals surface area contributed by atoms with Crippen molar-refractivity contribution in [3.8, 4) is 0 Å². The quantitative estimate of drug-likeness (QED) is 0.893. The van der Waals surface area contributed by atoms with Gasteiger partial charge in [-0.1, -0.05) is 12.1 Å². The molecule has 1 saturated heterocycles. The number of benzene rings is 1. The molecule has 2 rings (SSSR count). The maximum atomic E-state index is 3.42. The summed E-state index contributed by atoms with van der Waals surface area (Å²) in [5, 5.41) is 3.42. The van der Waals surface area contributed by atoms with Crippen LogP contribution in [0.15, 0.2) is 24.3 Å². The summed E-state index contributed by atoms with van der Waals surface area (Å²) in [4.78, 5) is 2.39. The zero-order chi connectivity index (χ0) is 11.4. The minimum absolute atomic E-state index is 0. The maximum absolute atomic E-state index is 3.42. The summed E-state index contributed by atoms with van der Waals surface area (Å²) in [5.74, 6) is 0.853. The van der Waals surface area contributed by atoms with Crippen molar-refractivity contribution in [3.63, 3.8) is 0 Å². The van der Waals surface area contributed by atoms with Gasteiger partial charge in [0.25, 0.3) is 0 Å². The van der Waals surface area contributed by atoms with Gasteiger partial charge in [-0.25, -0.2) is 0 Å². The van der Waals surface area contributed by atoms with E-state index in [1.807, 2.05) is 0 Å². The molecule has 0 spiro atoms. The predicted octanol–water partition coefficient (Wildman–Crippen LogP) is 2.85. The number of aryl methyl sites for hydroxylation is 1. The van der Waals surface area contributed by atoms with E-state index in [1.54, 1.807) is 0 Å². The summed E-state index contributed by atoms with van der Waals surface area (Å²) in [6, 6.07) is 8.76. The topological polar surface area (TPSA) is 15.3 Å². The zero-order valence-electron chi connectivity index (χ0n) is 10.8. The third kappa shape index (κ3) is 4.21. The smallest absolute Gasteiger partial charge is 0.0366 e. The minimum Gasteiger partial charge on any atom is -0.374 e. The molecule has 1 aromatic rings. The number of anilines is 1. The van der Waals surface area contributed by atoms with E-state index in [2.05, 4.69) is 48.5 Å². The molecule has 1 aliphatic heterocycles. The lowest BCUT2D eigenvalue weighted by Crippen LogP contribution is -2.34. The molecule has 0 bridgehead atoms. The molecule has 0 saturated carbocycles. The molecule has 1 N–H and O–H groups in total. The molecule has 3 heteroatoms. The number of piperidine rings is 1. The Kier molecular flexibility index (Phi) is 5.79. The molecular weight excluding hydrogens is 232 g/mol. The van der Waals surface area contributed by atoms with Crippen LogP contribution in [0.5, 0.6) is 0 Å². The van der Waals surface area contributed by atoms with Crippen LogP contribution in [0.2, 0.25) is 0 Å². The number of hydrogen-bond donors (Lipinski definition) is 1. The van der Waals surface area contributed by atoms with Crippen molar-refractivity contribution >= 4 is 18.1 Å². The first-order chi connectivity index (χ1) is 7.75. The van der Waals surface area contributed by atoms with E-state index < -0.39 is 0 Å². The van der Waals surface area contributed by atoms with E-state index in [1.165, 1.54) is 43.7 Å². The normalized spacial score (nSPS) is 16.4. The first-order valence-corrected chi connectivity index (χ1v) is 6.24. The highest BCUT2D eigenvalue weighted by molar-refractivity contribution is 5.85. The third-order valence-corrected chi connectivity index (χ3v) is 3.43. The highest BCUT2D eigenvalue weighted by Gasteiger charge is 2.15. The fraction of sp³-hybridized carbons (Fsp3) is 0.571. The predicted molar refractivity (Wildman–Crippen MR) is 77.3 cm³/mol. The van der Waals surface area contributed by atoms with E-state index in [-0.39, 0.29) is 12.4 Å². The molecular formula is C14H23ClN2. The Hall–Kier alpha value is -0.730. The average molecular weight is 255 g/mol. The fourth-order valence-electron chi connectivity index (χ4n) is 2.42. The highest BCUT2D eigenvalue weighted by atomic mass is 35.5. The Morgan fingerprint density at radius 2 is 2.00 bits per heavy atom. The fourth-order valence-corrected chi connectivity index (χ4v) is 2.42. The van der Waals surface area contributed by atoms with Crippen molar-refractivity contribution in [3.05, 3.63) is 29.8 Å². The lowest BCUT2D eigenvalue weighted by molar-refractivity contribution is 0.378. The van der Waals surface area contributed by atoms with E-state index >= 15 is 0 Å². The van der Waals surface area contributed by atoms with Gasteiger partial charge in [-0.2, -0.15) is 0 Å². The van der Waals surface area contributed by atoms with Gasteiger partial charge < -0.3 is 10.2 Å². The highest BCUT2D eigenvalue weighted by Crippen LogP contribution is 2.19. The second-order valence-electron chi connectivity index (χ2n) is 4.91. The summed E-state index contributed by atoms with van der Waals surface area (Å²) in [6.45, 7) is 5.71. The number of rotatable bonds is 3. The van der Waals surface area contributed by atoms with Crippen LogP contribution in [0.4, 0.5) is 5.69 Å². The number of hydrogen-bond acceptors (Lipinski definition) is 2. The average Bonchev–Trinajstić information content (AvgIpc) is 2.30.